The molecule has 3 nitrogen and oxygen atoms in total. The number of hydrogen-bond acceptors (Lipinski definition) is 3. The van der Waals surface area contributed by atoms with Gasteiger partial charge in [-0.05, 0) is 18.2 Å². The van der Waals surface area contributed by atoms with E-state index in [0.29, 0.717) is 18.6 Å². The minimum Gasteiger partial charge on any atom is -0.490 e. The lowest BCUT2D eigenvalue weighted by Crippen LogP contribution is -2.26. The number of nitrogens with zero attached hydrogens (tertiary/aromatic N) is 1. The van der Waals surface area contributed by atoms with Gasteiger partial charge in [0.1, 0.15) is 17.7 Å². The molecule has 1 aromatic rings. The second-order valence-corrected chi connectivity index (χ2v) is 3.67. The molecule has 15 heavy (non-hydrogen) atoms. The van der Waals surface area contributed by atoms with Gasteiger partial charge in [-0.2, -0.15) is 5.26 Å². The molecule has 2 rings (SSSR count). The average Bonchev–Trinajstić information content (AvgIpc) is 2.59. The largest absolute Gasteiger partial charge is 0.490 e. The maximum absolute atomic E-state index is 12.9. The number of rotatable bonds is 2. The topological polar surface area (TPSA) is 59.0 Å². The van der Waals surface area contributed by atoms with Crippen LogP contribution >= 0.6 is 0 Å². The Labute approximate surface area is 87.3 Å². The van der Waals surface area contributed by atoms with Gasteiger partial charge in [0.2, 0.25) is 0 Å². The van der Waals surface area contributed by atoms with E-state index in [1.54, 1.807) is 6.07 Å². The second-order valence-electron chi connectivity index (χ2n) is 3.67. The molecule has 0 fully saturated rings. The molecular weight excluding hydrogens is 195 g/mol. The zero-order valence-electron chi connectivity index (χ0n) is 8.11. The molecule has 0 spiro atoms. The SMILES string of the molecule is N#CC(N)CC1Cc2cc(F)ccc2O1. The van der Waals surface area contributed by atoms with Crippen LogP contribution in [0.25, 0.3) is 0 Å². The Balaban J connectivity index is 2.07. The fourth-order valence-electron chi connectivity index (χ4n) is 1.76. The first-order valence-corrected chi connectivity index (χ1v) is 4.79. The summed E-state index contributed by atoms with van der Waals surface area (Å²) in [5, 5.41) is 8.57. The highest BCUT2D eigenvalue weighted by Gasteiger charge is 2.24. The molecule has 1 aromatic carbocycles. The lowest BCUT2D eigenvalue weighted by molar-refractivity contribution is 0.217. The number of hydrogen-bond donors (Lipinski definition) is 1. The Morgan fingerprint density at radius 1 is 1.67 bits per heavy atom. The van der Waals surface area contributed by atoms with Crippen LogP contribution in [-0.2, 0) is 6.42 Å². The first-order valence-electron chi connectivity index (χ1n) is 4.79. The molecule has 78 valence electrons. The lowest BCUT2D eigenvalue weighted by Gasteiger charge is -2.10. The van der Waals surface area contributed by atoms with Crippen LogP contribution in [0.3, 0.4) is 0 Å². The number of benzene rings is 1. The highest BCUT2D eigenvalue weighted by molar-refractivity contribution is 5.37. The van der Waals surface area contributed by atoms with E-state index >= 15 is 0 Å². The maximum atomic E-state index is 12.9. The van der Waals surface area contributed by atoms with Crippen LogP contribution in [-0.4, -0.2) is 12.1 Å². The molecule has 1 aliphatic heterocycles. The Bertz CT molecular complexity index is 414. The molecule has 0 saturated carbocycles. The Kier molecular flexibility index (Phi) is 2.57. The van der Waals surface area contributed by atoms with Crippen molar-refractivity contribution < 1.29 is 9.13 Å². The van der Waals surface area contributed by atoms with Gasteiger partial charge in [-0.15, -0.1) is 0 Å². The molecule has 1 aliphatic rings. The first-order chi connectivity index (χ1) is 7.19. The van der Waals surface area contributed by atoms with E-state index in [9.17, 15) is 4.39 Å². The highest BCUT2D eigenvalue weighted by Crippen LogP contribution is 2.30. The smallest absolute Gasteiger partial charge is 0.123 e. The van der Waals surface area contributed by atoms with Crippen LogP contribution < -0.4 is 10.5 Å². The van der Waals surface area contributed by atoms with Crippen molar-refractivity contribution in [2.45, 2.75) is 25.0 Å². The van der Waals surface area contributed by atoms with Crippen molar-refractivity contribution in [3.05, 3.63) is 29.6 Å². The number of ether oxygens (including phenoxy) is 1. The van der Waals surface area contributed by atoms with Crippen molar-refractivity contribution in [3.63, 3.8) is 0 Å². The summed E-state index contributed by atoms with van der Waals surface area (Å²) < 4.78 is 18.4. The molecule has 2 N–H and O–H groups in total. The van der Waals surface area contributed by atoms with Crippen LogP contribution in [0.15, 0.2) is 18.2 Å². The minimum atomic E-state index is -0.519. The summed E-state index contributed by atoms with van der Waals surface area (Å²) in [5.74, 6) is 0.439. The van der Waals surface area contributed by atoms with E-state index in [2.05, 4.69) is 0 Å². The summed E-state index contributed by atoms with van der Waals surface area (Å²) in [7, 11) is 0. The second kappa shape index (κ2) is 3.87. The van der Waals surface area contributed by atoms with Crippen molar-refractivity contribution in [1.29, 1.82) is 5.26 Å². The van der Waals surface area contributed by atoms with E-state index < -0.39 is 6.04 Å². The predicted octanol–water partition coefficient (Wildman–Crippen LogP) is 1.37. The Hall–Kier alpha value is -1.60. The summed E-state index contributed by atoms with van der Waals surface area (Å²) in [4.78, 5) is 0. The summed E-state index contributed by atoms with van der Waals surface area (Å²) in [6.07, 6.45) is 1.01. The van der Waals surface area contributed by atoms with E-state index in [1.165, 1.54) is 12.1 Å². The molecule has 2 unspecified atom stereocenters. The molecule has 0 bridgehead atoms. The fourth-order valence-corrected chi connectivity index (χ4v) is 1.76. The van der Waals surface area contributed by atoms with Crippen LogP contribution in [0.1, 0.15) is 12.0 Å². The fraction of sp³-hybridized carbons (Fsp3) is 0.364. The number of nitriles is 1. The van der Waals surface area contributed by atoms with Crippen LogP contribution in [0.4, 0.5) is 4.39 Å². The van der Waals surface area contributed by atoms with E-state index in [1.807, 2.05) is 6.07 Å². The van der Waals surface area contributed by atoms with Gasteiger partial charge >= 0.3 is 0 Å². The molecule has 4 heteroatoms. The molecular formula is C11H11FN2O. The third-order valence-electron chi connectivity index (χ3n) is 2.45. The van der Waals surface area contributed by atoms with Gasteiger partial charge < -0.3 is 10.5 Å². The lowest BCUT2D eigenvalue weighted by atomic mass is 10.1. The zero-order valence-corrected chi connectivity index (χ0v) is 8.11. The van der Waals surface area contributed by atoms with E-state index in [0.717, 1.165) is 5.56 Å². The molecule has 0 saturated heterocycles. The van der Waals surface area contributed by atoms with Crippen molar-refractivity contribution in [3.8, 4) is 11.8 Å². The third-order valence-corrected chi connectivity index (χ3v) is 2.45. The minimum absolute atomic E-state index is 0.101. The number of nitrogens with two attached hydrogens (primary N) is 1. The van der Waals surface area contributed by atoms with Gasteiger partial charge in [0.05, 0.1) is 12.1 Å². The number of fused-ring (bicyclic) bond motifs is 1. The quantitative estimate of drug-likeness (QED) is 0.795. The molecule has 2 atom stereocenters. The van der Waals surface area contributed by atoms with Crippen molar-refractivity contribution in [2.24, 2.45) is 5.73 Å². The monoisotopic (exact) mass is 206 g/mol. The molecule has 0 aromatic heterocycles. The standard InChI is InChI=1S/C11H11FN2O/c12-8-1-2-11-7(3-8)4-10(15-11)5-9(14)6-13/h1-3,9-10H,4-5,14H2. The Morgan fingerprint density at radius 3 is 3.20 bits per heavy atom. The third kappa shape index (κ3) is 2.08. The van der Waals surface area contributed by atoms with E-state index in [-0.39, 0.29) is 11.9 Å². The summed E-state index contributed by atoms with van der Waals surface area (Å²) in [6, 6.07) is 5.88. The molecule has 0 aliphatic carbocycles. The van der Waals surface area contributed by atoms with Crippen LogP contribution in [0, 0.1) is 17.1 Å². The average molecular weight is 206 g/mol. The van der Waals surface area contributed by atoms with Gasteiger partial charge in [-0.1, -0.05) is 0 Å². The Morgan fingerprint density at radius 2 is 2.47 bits per heavy atom. The van der Waals surface area contributed by atoms with Gasteiger partial charge in [0.15, 0.2) is 0 Å². The molecule has 1 heterocycles. The van der Waals surface area contributed by atoms with Crippen LogP contribution in [0.5, 0.6) is 5.75 Å². The summed E-state index contributed by atoms with van der Waals surface area (Å²) in [6.45, 7) is 0. The highest BCUT2D eigenvalue weighted by atomic mass is 19.1. The van der Waals surface area contributed by atoms with Gasteiger partial charge in [0.25, 0.3) is 0 Å². The van der Waals surface area contributed by atoms with Crippen molar-refractivity contribution in [2.75, 3.05) is 0 Å². The van der Waals surface area contributed by atoms with Crippen LogP contribution in [0.2, 0.25) is 0 Å². The molecule has 0 amide bonds. The van der Waals surface area contributed by atoms with Crippen molar-refractivity contribution >= 4 is 0 Å². The van der Waals surface area contributed by atoms with Crippen molar-refractivity contribution in [1.82, 2.24) is 0 Å². The number of halogens is 1. The zero-order chi connectivity index (χ0) is 10.8. The molecule has 0 radical (unpaired) electrons. The van der Waals surface area contributed by atoms with Gasteiger partial charge in [0, 0.05) is 18.4 Å². The maximum Gasteiger partial charge on any atom is 0.123 e. The van der Waals surface area contributed by atoms with Gasteiger partial charge in [-0.3, -0.25) is 0 Å². The summed E-state index contributed by atoms with van der Waals surface area (Å²) in [5.41, 5.74) is 6.35. The predicted molar refractivity (Wildman–Crippen MR) is 52.7 cm³/mol. The van der Waals surface area contributed by atoms with E-state index in [4.69, 9.17) is 15.7 Å². The normalized spacial score (nSPS) is 20.2. The van der Waals surface area contributed by atoms with Gasteiger partial charge in [-0.25, -0.2) is 4.39 Å². The first kappa shape index (κ1) is 9.94. The summed E-state index contributed by atoms with van der Waals surface area (Å²) >= 11 is 0.